The summed E-state index contributed by atoms with van der Waals surface area (Å²) in [5, 5.41) is 6.30. The number of amides is 2. The van der Waals surface area contributed by atoms with Crippen LogP contribution in [0.1, 0.15) is 20.3 Å². The van der Waals surface area contributed by atoms with E-state index in [0.717, 1.165) is 25.0 Å². The molecule has 0 radical (unpaired) electrons. The van der Waals surface area contributed by atoms with Crippen molar-refractivity contribution < 1.29 is 4.79 Å². The van der Waals surface area contributed by atoms with Crippen LogP contribution in [-0.4, -0.2) is 49.7 Å². The van der Waals surface area contributed by atoms with Gasteiger partial charge in [-0.25, -0.2) is 19.1 Å². The lowest BCUT2D eigenvalue weighted by Crippen LogP contribution is -2.39. The van der Waals surface area contributed by atoms with Crippen molar-refractivity contribution in [3.8, 4) is 0 Å². The molecule has 0 bridgehead atoms. The number of rotatable bonds is 4. The summed E-state index contributed by atoms with van der Waals surface area (Å²) in [4.78, 5) is 23.5. The molecule has 1 aliphatic heterocycles. The fourth-order valence-electron chi connectivity index (χ4n) is 2.47. The minimum atomic E-state index is -0.231. The van der Waals surface area contributed by atoms with Crippen LogP contribution in [0.3, 0.4) is 0 Å². The Hall–Kier alpha value is -1.80. The Bertz CT molecular complexity index is 658. The van der Waals surface area contributed by atoms with Crippen molar-refractivity contribution in [1.29, 1.82) is 0 Å². The van der Waals surface area contributed by atoms with Gasteiger partial charge in [-0.15, -0.1) is 0 Å². The molecule has 118 valence electrons. The summed E-state index contributed by atoms with van der Waals surface area (Å²) >= 11 is 1.84. The predicted octanol–water partition coefficient (Wildman–Crippen LogP) is 2.21. The minimum absolute atomic E-state index is 0.176. The van der Waals surface area contributed by atoms with E-state index in [-0.39, 0.29) is 12.1 Å². The molecule has 3 N–H and O–H groups in total. The molecule has 0 saturated carbocycles. The fraction of sp³-hybridized carbons (Fsp3) is 0.500. The third-order valence-electron chi connectivity index (χ3n) is 3.35. The molecule has 1 saturated heterocycles. The minimum Gasteiger partial charge on any atom is -0.345 e. The van der Waals surface area contributed by atoms with E-state index in [1.807, 2.05) is 18.0 Å². The van der Waals surface area contributed by atoms with Crippen LogP contribution in [0, 0.1) is 0 Å². The Morgan fingerprint density at radius 1 is 1.55 bits per heavy atom. The maximum Gasteiger partial charge on any atom is 0.320 e. The molecule has 3 rings (SSSR count). The zero-order valence-electron chi connectivity index (χ0n) is 12.7. The molecule has 0 aliphatic carbocycles. The second-order valence-corrected chi connectivity index (χ2v) is 7.26. The molecule has 1 aliphatic rings. The number of hydrogen-bond acceptors (Lipinski definition) is 5. The summed E-state index contributed by atoms with van der Waals surface area (Å²) in [5.74, 6) is 0.455. The van der Waals surface area contributed by atoms with E-state index in [4.69, 9.17) is 0 Å². The van der Waals surface area contributed by atoms with E-state index < -0.39 is 0 Å². The van der Waals surface area contributed by atoms with Crippen molar-refractivity contribution in [2.45, 2.75) is 31.6 Å². The standard InChI is InChI=1S/C14H20N6OS/c1-9(2)22-20-6-4-10(8-20)17-14(21)19-12-7-16-13-11(18-12)3-5-15-13/h3,5,7,9-10H,4,6,8H2,1-2H3,(H,15,16)(H2,17,18,19,21). The van der Waals surface area contributed by atoms with Crippen molar-refractivity contribution in [2.24, 2.45) is 0 Å². The van der Waals surface area contributed by atoms with Crippen LogP contribution >= 0.6 is 11.9 Å². The van der Waals surface area contributed by atoms with Crippen LogP contribution in [0.25, 0.3) is 11.2 Å². The molecule has 0 aromatic carbocycles. The van der Waals surface area contributed by atoms with Crippen molar-refractivity contribution >= 4 is 35.0 Å². The van der Waals surface area contributed by atoms with Gasteiger partial charge in [0, 0.05) is 30.6 Å². The van der Waals surface area contributed by atoms with Gasteiger partial charge in [0.1, 0.15) is 5.52 Å². The van der Waals surface area contributed by atoms with Crippen molar-refractivity contribution in [2.75, 3.05) is 18.4 Å². The van der Waals surface area contributed by atoms with Gasteiger partial charge in [-0.1, -0.05) is 25.8 Å². The van der Waals surface area contributed by atoms with Crippen molar-refractivity contribution in [3.05, 3.63) is 18.5 Å². The molecular weight excluding hydrogens is 300 g/mol. The molecule has 1 fully saturated rings. The first-order chi connectivity index (χ1) is 10.6. The van der Waals surface area contributed by atoms with Crippen LogP contribution in [0.15, 0.2) is 18.5 Å². The topological polar surface area (TPSA) is 85.9 Å². The highest BCUT2D eigenvalue weighted by Gasteiger charge is 2.24. The fourth-order valence-corrected chi connectivity index (χ4v) is 3.54. The number of nitrogens with zero attached hydrogens (tertiary/aromatic N) is 3. The van der Waals surface area contributed by atoms with Gasteiger partial charge in [0.25, 0.3) is 0 Å². The van der Waals surface area contributed by atoms with Crippen LogP contribution in [0.4, 0.5) is 10.6 Å². The summed E-state index contributed by atoms with van der Waals surface area (Å²) in [6.07, 6.45) is 4.29. The molecule has 2 aromatic rings. The van der Waals surface area contributed by atoms with Gasteiger partial charge in [0.05, 0.1) is 6.20 Å². The third kappa shape index (κ3) is 3.69. The largest absolute Gasteiger partial charge is 0.345 e. The molecule has 1 unspecified atom stereocenters. The molecular formula is C14H20N6OS. The van der Waals surface area contributed by atoms with E-state index in [1.54, 1.807) is 12.4 Å². The second kappa shape index (κ2) is 6.53. The van der Waals surface area contributed by atoms with E-state index >= 15 is 0 Å². The first kappa shape index (κ1) is 15.1. The number of aromatic nitrogens is 3. The Balaban J connectivity index is 1.52. The third-order valence-corrected chi connectivity index (χ3v) is 4.40. The first-order valence-corrected chi connectivity index (χ1v) is 8.23. The monoisotopic (exact) mass is 320 g/mol. The lowest BCUT2D eigenvalue weighted by molar-refractivity contribution is 0.249. The molecule has 7 nitrogen and oxygen atoms in total. The summed E-state index contributed by atoms with van der Waals surface area (Å²) < 4.78 is 2.31. The highest BCUT2D eigenvalue weighted by atomic mass is 32.2. The summed E-state index contributed by atoms with van der Waals surface area (Å²) in [7, 11) is 0. The zero-order chi connectivity index (χ0) is 15.5. The van der Waals surface area contributed by atoms with Gasteiger partial charge < -0.3 is 10.3 Å². The normalized spacial score (nSPS) is 19.0. The average molecular weight is 320 g/mol. The van der Waals surface area contributed by atoms with Crippen LogP contribution in [0.2, 0.25) is 0 Å². The summed E-state index contributed by atoms with van der Waals surface area (Å²) in [6, 6.07) is 1.77. The Kier molecular flexibility index (Phi) is 4.49. The number of hydrogen-bond donors (Lipinski definition) is 3. The van der Waals surface area contributed by atoms with Crippen molar-refractivity contribution in [1.82, 2.24) is 24.6 Å². The Morgan fingerprint density at radius 3 is 3.23 bits per heavy atom. The number of H-pyrrole nitrogens is 1. The van der Waals surface area contributed by atoms with Gasteiger partial charge in [-0.2, -0.15) is 0 Å². The lowest BCUT2D eigenvalue weighted by atomic mass is 10.3. The van der Waals surface area contributed by atoms with Gasteiger partial charge in [-0.3, -0.25) is 5.32 Å². The van der Waals surface area contributed by atoms with Gasteiger partial charge in [0.2, 0.25) is 0 Å². The maximum absolute atomic E-state index is 12.0. The van der Waals surface area contributed by atoms with Gasteiger partial charge in [0.15, 0.2) is 11.5 Å². The number of urea groups is 1. The highest BCUT2D eigenvalue weighted by molar-refractivity contribution is 7.97. The molecule has 22 heavy (non-hydrogen) atoms. The number of anilines is 1. The second-order valence-electron chi connectivity index (χ2n) is 5.59. The Labute approximate surface area is 133 Å². The molecule has 2 aromatic heterocycles. The molecule has 0 spiro atoms. The smallest absolute Gasteiger partial charge is 0.320 e. The number of aromatic amines is 1. The summed E-state index contributed by atoms with van der Waals surface area (Å²) in [5.41, 5.74) is 1.45. The van der Waals surface area contributed by atoms with E-state index in [9.17, 15) is 4.79 Å². The molecule has 3 heterocycles. The molecule has 2 amide bonds. The summed E-state index contributed by atoms with van der Waals surface area (Å²) in [6.45, 7) is 6.23. The van der Waals surface area contributed by atoms with Crippen LogP contribution in [0.5, 0.6) is 0 Å². The maximum atomic E-state index is 12.0. The SMILES string of the molecule is CC(C)SN1CCC(NC(=O)Nc2cnc3[nH]ccc3n2)C1. The van der Waals surface area contributed by atoms with Crippen LogP contribution in [-0.2, 0) is 0 Å². The van der Waals surface area contributed by atoms with Gasteiger partial charge in [-0.05, 0) is 12.5 Å². The zero-order valence-corrected chi connectivity index (χ0v) is 13.5. The van der Waals surface area contributed by atoms with Crippen molar-refractivity contribution in [3.63, 3.8) is 0 Å². The number of carbonyl (C=O) groups is 1. The predicted molar refractivity (Wildman–Crippen MR) is 88.7 cm³/mol. The first-order valence-electron chi connectivity index (χ1n) is 7.39. The highest BCUT2D eigenvalue weighted by Crippen LogP contribution is 2.22. The number of fused-ring (bicyclic) bond motifs is 1. The van der Waals surface area contributed by atoms with E-state index in [0.29, 0.717) is 16.7 Å². The number of carbonyl (C=O) groups excluding carboxylic acids is 1. The molecule has 8 heteroatoms. The average Bonchev–Trinajstić information content (AvgIpc) is 3.06. The Morgan fingerprint density at radius 2 is 2.41 bits per heavy atom. The van der Waals surface area contributed by atoms with E-state index in [2.05, 4.69) is 43.7 Å². The van der Waals surface area contributed by atoms with E-state index in [1.165, 1.54) is 0 Å². The lowest BCUT2D eigenvalue weighted by Gasteiger charge is -2.17. The molecule has 1 atom stereocenters. The van der Waals surface area contributed by atoms with Crippen LogP contribution < -0.4 is 10.6 Å². The van der Waals surface area contributed by atoms with Gasteiger partial charge >= 0.3 is 6.03 Å². The number of nitrogens with one attached hydrogen (secondary N) is 3. The quantitative estimate of drug-likeness (QED) is 0.752.